The molecule has 0 spiro atoms. The van der Waals surface area contributed by atoms with Gasteiger partial charge in [0.25, 0.3) is 0 Å². The van der Waals surface area contributed by atoms with Crippen LogP contribution in [0.5, 0.6) is 0 Å². The first-order valence-electron chi connectivity index (χ1n) is 5.76. The van der Waals surface area contributed by atoms with Gasteiger partial charge in [-0.1, -0.05) is 6.92 Å². The Balaban J connectivity index is 3.22. The van der Waals surface area contributed by atoms with Crippen LogP contribution < -0.4 is 5.32 Å². The van der Waals surface area contributed by atoms with Crippen LogP contribution in [-0.2, 0) is 4.74 Å². The lowest BCUT2D eigenvalue weighted by atomic mass is 10.2. The maximum Gasteiger partial charge on any atom is 0.0584 e. The molecule has 3 nitrogen and oxygen atoms in total. The number of rotatable bonds is 11. The predicted molar refractivity (Wildman–Crippen MR) is 67.6 cm³/mol. The van der Waals surface area contributed by atoms with Crippen LogP contribution in [0.25, 0.3) is 0 Å². The van der Waals surface area contributed by atoms with E-state index >= 15 is 0 Å². The fourth-order valence-electron chi connectivity index (χ4n) is 1.24. The zero-order valence-electron chi connectivity index (χ0n) is 10.00. The molecule has 0 rings (SSSR count). The smallest absolute Gasteiger partial charge is 0.0584 e. The first-order chi connectivity index (χ1) is 7.35. The molecule has 0 aromatic heterocycles. The van der Waals surface area contributed by atoms with Gasteiger partial charge in [0.2, 0.25) is 0 Å². The molecule has 15 heavy (non-hydrogen) atoms. The average Bonchev–Trinajstić information content (AvgIpc) is 2.27. The van der Waals surface area contributed by atoms with Gasteiger partial charge in [-0.3, -0.25) is 0 Å². The third-order valence-electron chi connectivity index (χ3n) is 2.15. The van der Waals surface area contributed by atoms with Crippen molar-refractivity contribution in [2.45, 2.75) is 32.2 Å². The molecule has 0 aromatic carbocycles. The Morgan fingerprint density at radius 3 is 2.80 bits per heavy atom. The van der Waals surface area contributed by atoms with Crippen LogP contribution in [0.4, 0.5) is 0 Å². The van der Waals surface area contributed by atoms with Crippen molar-refractivity contribution in [1.29, 1.82) is 0 Å². The summed E-state index contributed by atoms with van der Waals surface area (Å²) < 4.78 is 4.98. The average molecular weight is 235 g/mol. The minimum atomic E-state index is 0.249. The number of methoxy groups -OCH3 is 1. The molecular weight excluding hydrogens is 210 g/mol. The van der Waals surface area contributed by atoms with Gasteiger partial charge in [-0.05, 0) is 37.3 Å². The first-order valence-corrected chi connectivity index (χ1v) is 6.91. The molecule has 0 aromatic rings. The second-order valence-electron chi connectivity index (χ2n) is 3.58. The molecule has 4 heteroatoms. The van der Waals surface area contributed by atoms with Crippen molar-refractivity contribution in [3.8, 4) is 0 Å². The van der Waals surface area contributed by atoms with E-state index in [1.165, 1.54) is 0 Å². The van der Waals surface area contributed by atoms with E-state index in [1.807, 2.05) is 11.8 Å². The number of hydrogen-bond acceptors (Lipinski definition) is 4. The molecule has 1 unspecified atom stereocenters. The fourth-order valence-corrected chi connectivity index (χ4v) is 2.22. The SMILES string of the molecule is CCCNC(CO)CCSCCCOC. The topological polar surface area (TPSA) is 41.5 Å². The Labute approximate surface area is 98.0 Å². The predicted octanol–water partition coefficient (Wildman–Crippen LogP) is 1.51. The zero-order valence-corrected chi connectivity index (χ0v) is 10.8. The minimum Gasteiger partial charge on any atom is -0.395 e. The van der Waals surface area contributed by atoms with E-state index in [9.17, 15) is 0 Å². The maximum atomic E-state index is 9.10. The van der Waals surface area contributed by atoms with E-state index in [2.05, 4.69) is 12.2 Å². The third-order valence-corrected chi connectivity index (χ3v) is 3.25. The summed E-state index contributed by atoms with van der Waals surface area (Å²) in [7, 11) is 1.74. The van der Waals surface area contributed by atoms with Crippen LogP contribution in [-0.4, -0.2) is 49.5 Å². The van der Waals surface area contributed by atoms with Crippen molar-refractivity contribution in [3.63, 3.8) is 0 Å². The summed E-state index contributed by atoms with van der Waals surface area (Å²) >= 11 is 1.94. The molecule has 1 atom stereocenters. The van der Waals surface area contributed by atoms with Crippen molar-refractivity contribution in [3.05, 3.63) is 0 Å². The monoisotopic (exact) mass is 235 g/mol. The summed E-state index contributed by atoms with van der Waals surface area (Å²) in [6.45, 7) is 4.24. The third kappa shape index (κ3) is 10.5. The second kappa shape index (κ2) is 12.3. The largest absolute Gasteiger partial charge is 0.395 e. The molecule has 0 aliphatic rings. The van der Waals surface area contributed by atoms with Gasteiger partial charge in [0.15, 0.2) is 0 Å². The van der Waals surface area contributed by atoms with Gasteiger partial charge in [-0.15, -0.1) is 0 Å². The van der Waals surface area contributed by atoms with E-state index in [0.717, 1.165) is 43.9 Å². The standard InChI is InChI=1S/C11H25NO2S/c1-3-6-12-11(10-13)5-9-15-8-4-7-14-2/h11-13H,3-10H2,1-2H3. The molecule has 0 saturated heterocycles. The van der Waals surface area contributed by atoms with Crippen LogP contribution in [0.3, 0.4) is 0 Å². The van der Waals surface area contributed by atoms with E-state index in [-0.39, 0.29) is 12.6 Å². The fraction of sp³-hybridized carbons (Fsp3) is 1.00. The number of ether oxygens (including phenoxy) is 1. The van der Waals surface area contributed by atoms with Crippen LogP contribution in [0.2, 0.25) is 0 Å². The highest BCUT2D eigenvalue weighted by Crippen LogP contribution is 2.06. The lowest BCUT2D eigenvalue weighted by molar-refractivity contribution is 0.200. The molecule has 0 amide bonds. The molecule has 2 N–H and O–H groups in total. The minimum absolute atomic E-state index is 0.249. The highest BCUT2D eigenvalue weighted by atomic mass is 32.2. The number of hydrogen-bond donors (Lipinski definition) is 2. The van der Waals surface area contributed by atoms with Gasteiger partial charge in [0.1, 0.15) is 0 Å². The van der Waals surface area contributed by atoms with Crippen molar-refractivity contribution in [2.24, 2.45) is 0 Å². The summed E-state index contributed by atoms with van der Waals surface area (Å²) in [6, 6.07) is 0.278. The Morgan fingerprint density at radius 2 is 2.20 bits per heavy atom. The molecule has 0 fully saturated rings. The molecule has 0 saturated carbocycles. The molecular formula is C11H25NO2S. The number of thioether (sulfide) groups is 1. The van der Waals surface area contributed by atoms with Gasteiger partial charge in [0, 0.05) is 19.8 Å². The van der Waals surface area contributed by atoms with Gasteiger partial charge >= 0.3 is 0 Å². The summed E-state index contributed by atoms with van der Waals surface area (Å²) in [5.41, 5.74) is 0. The quantitative estimate of drug-likeness (QED) is 0.533. The molecule has 0 radical (unpaired) electrons. The zero-order chi connectivity index (χ0) is 11.4. The number of aliphatic hydroxyl groups excluding tert-OH is 1. The summed E-state index contributed by atoms with van der Waals surface area (Å²) in [6.07, 6.45) is 3.29. The van der Waals surface area contributed by atoms with Crippen LogP contribution in [0.15, 0.2) is 0 Å². The van der Waals surface area contributed by atoms with Gasteiger partial charge in [-0.25, -0.2) is 0 Å². The lowest BCUT2D eigenvalue weighted by Crippen LogP contribution is -2.33. The lowest BCUT2D eigenvalue weighted by Gasteiger charge is -2.15. The van der Waals surface area contributed by atoms with E-state index in [0.29, 0.717) is 0 Å². The Bertz CT molecular complexity index is 125. The van der Waals surface area contributed by atoms with Crippen molar-refractivity contribution >= 4 is 11.8 Å². The van der Waals surface area contributed by atoms with Gasteiger partial charge < -0.3 is 15.2 Å². The molecule has 0 bridgehead atoms. The summed E-state index contributed by atoms with van der Waals surface area (Å²) in [4.78, 5) is 0. The Kier molecular flexibility index (Phi) is 12.5. The molecule has 0 heterocycles. The highest BCUT2D eigenvalue weighted by Gasteiger charge is 2.04. The second-order valence-corrected chi connectivity index (χ2v) is 4.81. The Hall–Kier alpha value is 0.230. The molecule has 92 valence electrons. The van der Waals surface area contributed by atoms with E-state index in [1.54, 1.807) is 7.11 Å². The van der Waals surface area contributed by atoms with E-state index in [4.69, 9.17) is 9.84 Å². The Morgan fingerprint density at radius 1 is 1.40 bits per heavy atom. The van der Waals surface area contributed by atoms with Crippen LogP contribution >= 0.6 is 11.8 Å². The number of aliphatic hydroxyl groups is 1. The first kappa shape index (κ1) is 15.2. The summed E-state index contributed by atoms with van der Waals surface area (Å²) in [5, 5.41) is 12.4. The van der Waals surface area contributed by atoms with Gasteiger partial charge in [0.05, 0.1) is 6.61 Å². The molecule has 0 aliphatic carbocycles. The van der Waals surface area contributed by atoms with Crippen molar-refractivity contribution in [1.82, 2.24) is 5.32 Å². The normalized spacial score (nSPS) is 13.0. The van der Waals surface area contributed by atoms with Crippen molar-refractivity contribution < 1.29 is 9.84 Å². The highest BCUT2D eigenvalue weighted by molar-refractivity contribution is 7.99. The summed E-state index contributed by atoms with van der Waals surface area (Å²) in [5.74, 6) is 2.27. The maximum absolute atomic E-state index is 9.10. The van der Waals surface area contributed by atoms with Crippen LogP contribution in [0.1, 0.15) is 26.2 Å². The van der Waals surface area contributed by atoms with Crippen molar-refractivity contribution in [2.75, 3.05) is 38.4 Å². The van der Waals surface area contributed by atoms with Gasteiger partial charge in [-0.2, -0.15) is 11.8 Å². The molecule has 0 aliphatic heterocycles. The van der Waals surface area contributed by atoms with E-state index < -0.39 is 0 Å². The number of nitrogens with one attached hydrogen (secondary N) is 1. The van der Waals surface area contributed by atoms with Crippen LogP contribution in [0, 0.1) is 0 Å².